The highest BCUT2D eigenvalue weighted by Gasteiger charge is 2.75. The fraction of sp³-hybridized carbons (Fsp3) is 0.474. The average Bonchev–Trinajstić information content (AvgIpc) is 3.74. The van der Waals surface area contributed by atoms with E-state index in [9.17, 15) is 24.3 Å². The van der Waals surface area contributed by atoms with Crippen LogP contribution >= 0.6 is 11.6 Å². The SMILES string of the molecule is C=CCCC(=O)NC[C@H](OC(=O)[C@@H]1[C@H]2C(=O)N([C@@H](CO)CC(C)C)[C@H](C(=O)N(CC=C)c3ccccc3Cl)[C@]23CC[C@H]1O3)c1ccccc1. The average molecular weight is 692 g/mol. The highest BCUT2D eigenvalue weighted by Crippen LogP contribution is 2.59. The molecule has 3 amide bonds. The molecule has 7 atom stereocenters. The molecule has 0 unspecified atom stereocenters. The number of benzene rings is 2. The molecule has 49 heavy (non-hydrogen) atoms. The van der Waals surface area contributed by atoms with Gasteiger partial charge in [0.1, 0.15) is 17.7 Å². The molecule has 3 aliphatic heterocycles. The molecular weight excluding hydrogens is 646 g/mol. The lowest BCUT2D eigenvalue weighted by Gasteiger charge is -2.39. The van der Waals surface area contributed by atoms with E-state index in [1.54, 1.807) is 36.4 Å². The van der Waals surface area contributed by atoms with Gasteiger partial charge in [0.05, 0.1) is 47.8 Å². The first-order valence-electron chi connectivity index (χ1n) is 17.0. The maximum atomic E-state index is 14.8. The molecule has 262 valence electrons. The van der Waals surface area contributed by atoms with Gasteiger partial charge >= 0.3 is 5.97 Å². The van der Waals surface area contributed by atoms with Gasteiger partial charge in [-0.25, -0.2) is 0 Å². The van der Waals surface area contributed by atoms with E-state index < -0.39 is 59.5 Å². The van der Waals surface area contributed by atoms with Crippen molar-refractivity contribution in [3.8, 4) is 0 Å². The minimum atomic E-state index is -1.32. The molecule has 0 saturated carbocycles. The molecular formula is C38H46ClN3O7. The summed E-state index contributed by atoms with van der Waals surface area (Å²) in [4.78, 5) is 59.2. The number of nitrogens with zero attached hydrogens (tertiary/aromatic N) is 2. The lowest BCUT2D eigenvalue weighted by molar-refractivity contribution is -0.161. The third-order valence-electron chi connectivity index (χ3n) is 9.80. The van der Waals surface area contributed by atoms with Crippen molar-refractivity contribution in [2.24, 2.45) is 17.8 Å². The molecule has 3 fully saturated rings. The Kier molecular flexibility index (Phi) is 11.6. The van der Waals surface area contributed by atoms with Crippen LogP contribution in [0.3, 0.4) is 0 Å². The normalized spacial score (nSPS) is 25.1. The van der Waals surface area contributed by atoms with Crippen molar-refractivity contribution in [2.45, 2.75) is 75.8 Å². The smallest absolute Gasteiger partial charge is 0.313 e. The second-order valence-electron chi connectivity index (χ2n) is 13.4. The van der Waals surface area contributed by atoms with E-state index in [1.165, 1.54) is 9.80 Å². The zero-order valence-electron chi connectivity index (χ0n) is 28.1. The van der Waals surface area contributed by atoms with Crippen LogP contribution < -0.4 is 10.2 Å². The van der Waals surface area contributed by atoms with Crippen LogP contribution in [0.15, 0.2) is 79.9 Å². The molecule has 2 aromatic rings. The summed E-state index contributed by atoms with van der Waals surface area (Å²) in [6.45, 7) is 11.3. The number of hydrogen-bond acceptors (Lipinski definition) is 7. The minimum absolute atomic E-state index is 0.0380. The lowest BCUT2D eigenvalue weighted by atomic mass is 9.70. The fourth-order valence-corrected chi connectivity index (χ4v) is 7.99. The first-order valence-corrected chi connectivity index (χ1v) is 17.4. The zero-order chi connectivity index (χ0) is 35.3. The lowest BCUT2D eigenvalue weighted by Crippen LogP contribution is -2.59. The van der Waals surface area contributed by atoms with Crippen LogP contribution in [0.4, 0.5) is 5.69 Å². The first-order chi connectivity index (χ1) is 23.6. The number of likely N-dealkylation sites (tertiary alicyclic amines) is 1. The largest absolute Gasteiger partial charge is 0.455 e. The molecule has 3 aliphatic rings. The summed E-state index contributed by atoms with van der Waals surface area (Å²) in [5, 5.41) is 13.8. The van der Waals surface area contributed by atoms with Crippen LogP contribution in [0.2, 0.25) is 5.02 Å². The van der Waals surface area contributed by atoms with Crippen LogP contribution in [-0.4, -0.2) is 77.2 Å². The quantitative estimate of drug-likeness (QED) is 0.187. The second-order valence-corrected chi connectivity index (χ2v) is 13.8. The summed E-state index contributed by atoms with van der Waals surface area (Å²) in [7, 11) is 0. The molecule has 5 rings (SSSR count). The summed E-state index contributed by atoms with van der Waals surface area (Å²) in [6.07, 6.45) is 3.78. The van der Waals surface area contributed by atoms with Crippen LogP contribution in [0.25, 0.3) is 0 Å². The third-order valence-corrected chi connectivity index (χ3v) is 10.1. The Bertz CT molecular complexity index is 1550. The maximum Gasteiger partial charge on any atom is 0.313 e. The summed E-state index contributed by atoms with van der Waals surface area (Å²) in [6, 6.07) is 14.2. The Morgan fingerprint density at radius 1 is 1.14 bits per heavy atom. The highest BCUT2D eigenvalue weighted by molar-refractivity contribution is 6.34. The van der Waals surface area contributed by atoms with E-state index in [0.29, 0.717) is 42.0 Å². The van der Waals surface area contributed by atoms with Crippen molar-refractivity contribution in [3.05, 3.63) is 90.5 Å². The number of hydrogen-bond donors (Lipinski definition) is 2. The van der Waals surface area contributed by atoms with Crippen LogP contribution in [0.5, 0.6) is 0 Å². The number of carbonyl (C=O) groups excluding carboxylic acids is 4. The van der Waals surface area contributed by atoms with Gasteiger partial charge in [-0.2, -0.15) is 0 Å². The van der Waals surface area contributed by atoms with Crippen LogP contribution in [-0.2, 0) is 28.7 Å². The molecule has 0 aliphatic carbocycles. The number of fused-ring (bicyclic) bond motifs is 1. The van der Waals surface area contributed by atoms with Gasteiger partial charge in [0.15, 0.2) is 0 Å². The Labute approximate surface area is 293 Å². The molecule has 2 N–H and O–H groups in total. The fourth-order valence-electron chi connectivity index (χ4n) is 7.75. The van der Waals surface area contributed by atoms with Gasteiger partial charge in [-0.05, 0) is 49.3 Å². The van der Waals surface area contributed by atoms with Crippen molar-refractivity contribution in [1.82, 2.24) is 10.2 Å². The van der Waals surface area contributed by atoms with E-state index in [2.05, 4.69) is 18.5 Å². The topological polar surface area (TPSA) is 125 Å². The number of rotatable bonds is 16. The summed E-state index contributed by atoms with van der Waals surface area (Å²) in [5.74, 6) is -3.59. The van der Waals surface area contributed by atoms with Crippen LogP contribution in [0.1, 0.15) is 57.6 Å². The summed E-state index contributed by atoms with van der Waals surface area (Å²) >= 11 is 6.58. The van der Waals surface area contributed by atoms with Crippen molar-refractivity contribution < 1.29 is 33.8 Å². The standard InChI is InChI=1S/C38H46ClN3O7/c1-5-7-17-31(44)40-22-30(25-13-9-8-10-14-25)48-37(47)32-29-18-19-38(49-29)33(32)35(45)42(26(23-43)21-24(3)4)34(38)36(46)41(20-6-2)28-16-12-11-15-27(28)39/h5-6,8-16,24,26,29-30,32-34,43H,1-2,7,17-23H2,3-4H3,(H,40,44)/t26-,29-,30+,32+,33+,34-,38+/m1/s1. The first kappa shape index (κ1) is 36.3. The predicted octanol–water partition coefficient (Wildman–Crippen LogP) is 5.01. The number of para-hydroxylation sites is 1. The molecule has 10 nitrogen and oxygen atoms in total. The number of halogens is 1. The van der Waals surface area contributed by atoms with Crippen molar-refractivity contribution in [2.75, 3.05) is 24.6 Å². The Hall–Kier alpha value is -3.99. The van der Waals surface area contributed by atoms with E-state index in [4.69, 9.17) is 21.1 Å². The van der Waals surface area contributed by atoms with Crippen LogP contribution in [0, 0.1) is 17.8 Å². The van der Waals surface area contributed by atoms with Gasteiger partial charge in [-0.3, -0.25) is 19.2 Å². The van der Waals surface area contributed by atoms with E-state index >= 15 is 0 Å². The maximum absolute atomic E-state index is 14.8. The number of aliphatic hydroxyl groups excluding tert-OH is 1. The van der Waals surface area contributed by atoms with Gasteiger partial charge in [0, 0.05) is 13.0 Å². The van der Waals surface area contributed by atoms with Gasteiger partial charge < -0.3 is 29.7 Å². The molecule has 3 heterocycles. The number of carbonyl (C=O) groups is 4. The molecule has 0 aromatic heterocycles. The number of anilines is 1. The van der Waals surface area contributed by atoms with Gasteiger partial charge in [-0.1, -0.05) is 80.1 Å². The summed E-state index contributed by atoms with van der Waals surface area (Å²) < 4.78 is 12.8. The number of esters is 1. The number of allylic oxidation sites excluding steroid dienone is 1. The number of ether oxygens (including phenoxy) is 2. The predicted molar refractivity (Wildman–Crippen MR) is 186 cm³/mol. The second kappa shape index (κ2) is 15.7. The van der Waals surface area contributed by atoms with Crippen molar-refractivity contribution >= 4 is 41.0 Å². The van der Waals surface area contributed by atoms with Gasteiger partial charge in [0.25, 0.3) is 5.91 Å². The van der Waals surface area contributed by atoms with Gasteiger partial charge in [-0.15, -0.1) is 13.2 Å². The molecule has 11 heteroatoms. The molecule has 2 aromatic carbocycles. The zero-order valence-corrected chi connectivity index (χ0v) is 28.9. The van der Waals surface area contributed by atoms with Gasteiger partial charge in [0.2, 0.25) is 11.8 Å². The molecule has 2 bridgehead atoms. The Morgan fingerprint density at radius 3 is 2.51 bits per heavy atom. The third kappa shape index (κ3) is 7.18. The number of nitrogens with one attached hydrogen (secondary N) is 1. The summed E-state index contributed by atoms with van der Waals surface area (Å²) in [5.41, 5.74) is -0.187. The Balaban J connectivity index is 1.51. The Morgan fingerprint density at radius 2 is 1.86 bits per heavy atom. The van der Waals surface area contributed by atoms with Crippen molar-refractivity contribution in [3.63, 3.8) is 0 Å². The highest BCUT2D eigenvalue weighted by atomic mass is 35.5. The van der Waals surface area contributed by atoms with E-state index in [-0.39, 0.29) is 37.9 Å². The monoisotopic (exact) mass is 691 g/mol. The molecule has 3 saturated heterocycles. The molecule has 0 radical (unpaired) electrons. The number of aliphatic hydroxyl groups is 1. The van der Waals surface area contributed by atoms with E-state index in [0.717, 1.165) is 0 Å². The number of amides is 3. The molecule has 1 spiro atoms. The minimum Gasteiger partial charge on any atom is -0.455 e. The van der Waals surface area contributed by atoms with E-state index in [1.807, 2.05) is 44.2 Å². The van der Waals surface area contributed by atoms with Crippen molar-refractivity contribution in [1.29, 1.82) is 0 Å².